The molecule has 2 N–H and O–H groups in total. The fourth-order valence-corrected chi connectivity index (χ4v) is 3.48. The normalized spacial score (nSPS) is 14.6. The summed E-state index contributed by atoms with van der Waals surface area (Å²) >= 11 is 0. The van der Waals surface area contributed by atoms with Crippen LogP contribution < -0.4 is 15.1 Å². The number of nitrogens with one attached hydrogen (secondary N) is 2. The highest BCUT2D eigenvalue weighted by molar-refractivity contribution is 6.04. The number of amides is 1. The summed E-state index contributed by atoms with van der Waals surface area (Å²) < 4.78 is 0. The van der Waals surface area contributed by atoms with E-state index in [1.165, 1.54) is 0 Å². The summed E-state index contributed by atoms with van der Waals surface area (Å²) in [5.41, 5.74) is 4.27. The standard InChI is InChI=1S/C23H25N5O/c1-17-4-3-5-19(16-17)23(29)24-20-8-6-18(7-9-20)21-10-11-22(26-25-21)28-14-12-27(2)13-15-28/h3-11,16H,12-15H2,1-2H3,(H,24,29)/p+1. The first-order valence-electron chi connectivity index (χ1n) is 9.97. The maximum atomic E-state index is 12.4. The SMILES string of the molecule is Cc1cccc(C(=O)Nc2ccc(-c3ccc(N4CC[NH+](C)CC4)nn3)cc2)c1. The van der Waals surface area contributed by atoms with Crippen molar-refractivity contribution in [1.82, 2.24) is 10.2 Å². The third kappa shape index (κ3) is 4.60. The molecule has 1 aromatic heterocycles. The lowest BCUT2D eigenvalue weighted by molar-refractivity contribution is -0.880. The molecule has 0 saturated carbocycles. The summed E-state index contributed by atoms with van der Waals surface area (Å²) in [5.74, 6) is 0.822. The Balaban J connectivity index is 1.42. The van der Waals surface area contributed by atoms with Gasteiger partial charge < -0.3 is 15.1 Å². The molecule has 1 aliphatic rings. The Bertz CT molecular complexity index is 977. The van der Waals surface area contributed by atoms with E-state index in [2.05, 4.69) is 27.5 Å². The molecule has 0 spiro atoms. The minimum Gasteiger partial charge on any atom is -0.344 e. The lowest BCUT2D eigenvalue weighted by Gasteiger charge is -2.30. The molecule has 2 aromatic carbocycles. The van der Waals surface area contributed by atoms with Crippen molar-refractivity contribution < 1.29 is 9.69 Å². The van der Waals surface area contributed by atoms with Gasteiger partial charge in [-0.15, -0.1) is 10.2 Å². The summed E-state index contributed by atoms with van der Waals surface area (Å²) in [6.45, 7) is 6.24. The third-order valence-corrected chi connectivity index (χ3v) is 5.31. The number of rotatable bonds is 4. The predicted octanol–water partition coefficient (Wildman–Crippen LogP) is 2.04. The maximum absolute atomic E-state index is 12.4. The highest BCUT2D eigenvalue weighted by Gasteiger charge is 2.18. The van der Waals surface area contributed by atoms with Crippen LogP contribution in [-0.2, 0) is 0 Å². The van der Waals surface area contributed by atoms with E-state index >= 15 is 0 Å². The summed E-state index contributed by atoms with van der Waals surface area (Å²) in [5, 5.41) is 11.8. The molecule has 0 aliphatic carbocycles. The Kier molecular flexibility index (Phi) is 5.53. The molecular weight excluding hydrogens is 362 g/mol. The monoisotopic (exact) mass is 388 g/mol. The van der Waals surface area contributed by atoms with Gasteiger partial charge in [-0.2, -0.15) is 0 Å². The zero-order chi connectivity index (χ0) is 20.2. The van der Waals surface area contributed by atoms with Gasteiger partial charge in [0.15, 0.2) is 5.82 Å². The average Bonchev–Trinajstić information content (AvgIpc) is 2.75. The summed E-state index contributed by atoms with van der Waals surface area (Å²) in [4.78, 5) is 16.2. The van der Waals surface area contributed by atoms with Crippen molar-refractivity contribution in [3.8, 4) is 11.3 Å². The van der Waals surface area contributed by atoms with Gasteiger partial charge in [-0.3, -0.25) is 4.79 Å². The van der Waals surface area contributed by atoms with Crippen LogP contribution >= 0.6 is 0 Å². The number of carbonyl (C=O) groups excluding carboxylic acids is 1. The van der Waals surface area contributed by atoms with Crippen molar-refractivity contribution in [3.05, 3.63) is 71.8 Å². The molecule has 0 radical (unpaired) electrons. The van der Waals surface area contributed by atoms with Gasteiger partial charge in [0, 0.05) is 16.8 Å². The van der Waals surface area contributed by atoms with Gasteiger partial charge in [0.25, 0.3) is 5.91 Å². The number of aromatic nitrogens is 2. The van der Waals surface area contributed by atoms with Crippen LogP contribution in [0.4, 0.5) is 11.5 Å². The van der Waals surface area contributed by atoms with Crippen molar-refractivity contribution in [2.75, 3.05) is 43.4 Å². The number of hydrogen-bond acceptors (Lipinski definition) is 4. The number of benzene rings is 2. The minimum atomic E-state index is -0.111. The Labute approximate surface area is 171 Å². The van der Waals surface area contributed by atoms with Crippen molar-refractivity contribution in [3.63, 3.8) is 0 Å². The first-order chi connectivity index (χ1) is 14.1. The van der Waals surface area contributed by atoms with E-state index in [0.29, 0.717) is 5.56 Å². The van der Waals surface area contributed by atoms with Gasteiger partial charge in [0.05, 0.1) is 38.9 Å². The Morgan fingerprint density at radius 1 is 1.00 bits per heavy atom. The van der Waals surface area contributed by atoms with Gasteiger partial charge in [-0.1, -0.05) is 29.8 Å². The number of likely N-dealkylation sites (N-methyl/N-ethyl adjacent to an activating group) is 1. The second-order valence-electron chi connectivity index (χ2n) is 7.62. The molecule has 0 atom stereocenters. The zero-order valence-corrected chi connectivity index (χ0v) is 16.9. The molecule has 1 fully saturated rings. The molecule has 6 nitrogen and oxygen atoms in total. The second-order valence-corrected chi connectivity index (χ2v) is 7.62. The molecule has 6 heteroatoms. The molecule has 3 aromatic rings. The van der Waals surface area contributed by atoms with Gasteiger partial charge >= 0.3 is 0 Å². The van der Waals surface area contributed by atoms with Crippen LogP contribution in [0.5, 0.6) is 0 Å². The molecule has 2 heterocycles. The lowest BCUT2D eigenvalue weighted by atomic mass is 10.1. The summed E-state index contributed by atoms with van der Waals surface area (Å²) in [7, 11) is 2.22. The van der Waals surface area contributed by atoms with Crippen molar-refractivity contribution in [1.29, 1.82) is 0 Å². The smallest absolute Gasteiger partial charge is 0.255 e. The molecule has 29 heavy (non-hydrogen) atoms. The average molecular weight is 388 g/mol. The fourth-order valence-electron chi connectivity index (χ4n) is 3.48. The number of nitrogens with zero attached hydrogens (tertiary/aromatic N) is 3. The molecule has 4 rings (SSSR count). The topological polar surface area (TPSA) is 62.6 Å². The Hall–Kier alpha value is -3.25. The molecule has 148 valence electrons. The fraction of sp³-hybridized carbons (Fsp3) is 0.261. The third-order valence-electron chi connectivity index (χ3n) is 5.31. The highest BCUT2D eigenvalue weighted by Crippen LogP contribution is 2.21. The Morgan fingerprint density at radius 3 is 2.41 bits per heavy atom. The highest BCUT2D eigenvalue weighted by atomic mass is 16.1. The van der Waals surface area contributed by atoms with Crippen LogP contribution in [0, 0.1) is 6.92 Å². The first-order valence-corrected chi connectivity index (χ1v) is 9.97. The van der Waals surface area contributed by atoms with E-state index in [9.17, 15) is 4.79 Å². The summed E-state index contributed by atoms with van der Waals surface area (Å²) in [6.07, 6.45) is 0. The van der Waals surface area contributed by atoms with E-state index in [0.717, 1.165) is 54.5 Å². The van der Waals surface area contributed by atoms with Gasteiger partial charge in [0.1, 0.15) is 0 Å². The van der Waals surface area contributed by atoms with Crippen LogP contribution in [-0.4, -0.2) is 49.3 Å². The van der Waals surface area contributed by atoms with Crippen molar-refractivity contribution in [2.24, 2.45) is 0 Å². The first kappa shape index (κ1) is 19.1. The van der Waals surface area contributed by atoms with Crippen molar-refractivity contribution in [2.45, 2.75) is 6.92 Å². The van der Waals surface area contributed by atoms with Crippen LogP contribution in [0.1, 0.15) is 15.9 Å². The minimum absolute atomic E-state index is 0.111. The second kappa shape index (κ2) is 8.41. The number of piperazine rings is 1. The number of hydrogen-bond donors (Lipinski definition) is 2. The molecule has 0 bridgehead atoms. The van der Waals surface area contributed by atoms with E-state index in [4.69, 9.17) is 0 Å². The van der Waals surface area contributed by atoms with Gasteiger partial charge in [-0.25, -0.2) is 0 Å². The van der Waals surface area contributed by atoms with E-state index < -0.39 is 0 Å². The zero-order valence-electron chi connectivity index (χ0n) is 16.9. The number of anilines is 2. The van der Waals surface area contributed by atoms with Crippen LogP contribution in [0.25, 0.3) is 11.3 Å². The molecule has 1 amide bonds. The number of carbonyl (C=O) groups is 1. The number of aryl methyl sites for hydroxylation is 1. The quantitative estimate of drug-likeness (QED) is 0.718. The van der Waals surface area contributed by atoms with Crippen LogP contribution in [0.15, 0.2) is 60.7 Å². The lowest BCUT2D eigenvalue weighted by Crippen LogP contribution is -3.12. The number of quaternary nitrogens is 1. The van der Waals surface area contributed by atoms with Gasteiger partial charge in [-0.05, 0) is 43.3 Å². The largest absolute Gasteiger partial charge is 0.344 e. The van der Waals surface area contributed by atoms with E-state index in [-0.39, 0.29) is 5.91 Å². The maximum Gasteiger partial charge on any atom is 0.255 e. The molecular formula is C23H26N5O+. The molecule has 0 unspecified atom stereocenters. The van der Waals surface area contributed by atoms with E-state index in [1.54, 1.807) is 4.90 Å². The molecule has 1 saturated heterocycles. The van der Waals surface area contributed by atoms with Crippen LogP contribution in [0.2, 0.25) is 0 Å². The molecule has 1 aliphatic heterocycles. The predicted molar refractivity (Wildman–Crippen MR) is 115 cm³/mol. The van der Waals surface area contributed by atoms with Crippen LogP contribution in [0.3, 0.4) is 0 Å². The van der Waals surface area contributed by atoms with E-state index in [1.807, 2.05) is 67.6 Å². The van der Waals surface area contributed by atoms with Gasteiger partial charge in [0.2, 0.25) is 0 Å². The van der Waals surface area contributed by atoms with Crippen molar-refractivity contribution >= 4 is 17.4 Å². The Morgan fingerprint density at radius 2 is 1.76 bits per heavy atom. The summed E-state index contributed by atoms with van der Waals surface area (Å²) in [6, 6.07) is 19.3.